The van der Waals surface area contributed by atoms with Crippen LogP contribution in [0.5, 0.6) is 0 Å². The molecule has 134 valence electrons. The van der Waals surface area contributed by atoms with E-state index in [4.69, 9.17) is 5.73 Å². The third kappa shape index (κ3) is 5.99. The normalized spacial score (nSPS) is 12.8. The van der Waals surface area contributed by atoms with Gasteiger partial charge in [-0.05, 0) is 29.2 Å². The zero-order valence-corrected chi connectivity index (χ0v) is 15.3. The minimum absolute atomic E-state index is 0.0113. The lowest BCUT2D eigenvalue weighted by Crippen LogP contribution is -2.39. The summed E-state index contributed by atoms with van der Waals surface area (Å²) in [6.45, 7) is 3.74. The van der Waals surface area contributed by atoms with E-state index in [-0.39, 0.29) is 23.3 Å². The summed E-state index contributed by atoms with van der Waals surface area (Å²) < 4.78 is 24.8. The maximum atomic E-state index is 12.4. The first-order valence-electron chi connectivity index (χ1n) is 8.16. The first kappa shape index (κ1) is 19.1. The topological polar surface area (TPSA) is 89.3 Å². The van der Waals surface area contributed by atoms with Gasteiger partial charge >= 0.3 is 0 Å². The van der Waals surface area contributed by atoms with Gasteiger partial charge in [0.15, 0.2) is 9.84 Å². The molecule has 0 aliphatic heterocycles. The monoisotopic (exact) mass is 360 g/mol. The van der Waals surface area contributed by atoms with Gasteiger partial charge in [0.05, 0.1) is 17.5 Å². The maximum absolute atomic E-state index is 12.4. The molecule has 5 nitrogen and oxygen atoms in total. The van der Waals surface area contributed by atoms with Gasteiger partial charge in [0.25, 0.3) is 0 Å². The van der Waals surface area contributed by atoms with Crippen LogP contribution in [0.2, 0.25) is 0 Å². The standard InChI is InChI=1S/C19H24N2O3S/c1-14(2)18(20)19(22)21-17-10-6-9-16(11-17)13-25(23,24)12-15-7-4-3-5-8-15/h3-11,14,18H,12-13,20H2,1-2H3,(H,21,22)/t18-/m0/s1. The molecule has 0 unspecified atom stereocenters. The van der Waals surface area contributed by atoms with E-state index in [2.05, 4.69) is 5.32 Å². The summed E-state index contributed by atoms with van der Waals surface area (Å²) in [6.07, 6.45) is 0. The Morgan fingerprint density at radius 3 is 2.24 bits per heavy atom. The van der Waals surface area contributed by atoms with Crippen LogP contribution in [-0.2, 0) is 26.1 Å². The number of carbonyl (C=O) groups excluding carboxylic acids is 1. The predicted molar refractivity (Wildman–Crippen MR) is 101 cm³/mol. The highest BCUT2D eigenvalue weighted by molar-refractivity contribution is 7.89. The number of hydrogen-bond acceptors (Lipinski definition) is 4. The van der Waals surface area contributed by atoms with E-state index in [0.29, 0.717) is 11.3 Å². The molecule has 1 amide bonds. The van der Waals surface area contributed by atoms with Crippen LogP contribution in [0.25, 0.3) is 0 Å². The quantitative estimate of drug-likeness (QED) is 0.794. The number of nitrogens with two attached hydrogens (primary N) is 1. The van der Waals surface area contributed by atoms with Crippen LogP contribution in [0, 0.1) is 5.92 Å². The summed E-state index contributed by atoms with van der Waals surface area (Å²) in [5.74, 6) is -0.349. The fourth-order valence-electron chi connectivity index (χ4n) is 2.40. The molecule has 2 aromatic carbocycles. The van der Waals surface area contributed by atoms with Crippen molar-refractivity contribution >= 4 is 21.4 Å². The second-order valence-electron chi connectivity index (χ2n) is 6.48. The van der Waals surface area contributed by atoms with Crippen molar-refractivity contribution in [3.05, 3.63) is 65.7 Å². The Labute approximate surface area is 149 Å². The Kier molecular flexibility index (Phi) is 6.33. The molecule has 0 saturated carbocycles. The number of hydrogen-bond donors (Lipinski definition) is 2. The van der Waals surface area contributed by atoms with Gasteiger partial charge in [0.2, 0.25) is 5.91 Å². The highest BCUT2D eigenvalue weighted by Gasteiger charge is 2.18. The third-order valence-corrected chi connectivity index (χ3v) is 5.38. The number of amides is 1. The lowest BCUT2D eigenvalue weighted by atomic mass is 10.0. The molecule has 2 aromatic rings. The lowest BCUT2D eigenvalue weighted by molar-refractivity contribution is -0.118. The minimum Gasteiger partial charge on any atom is -0.325 e. The van der Waals surface area contributed by atoms with Gasteiger partial charge in [-0.3, -0.25) is 4.79 Å². The molecule has 0 aliphatic rings. The van der Waals surface area contributed by atoms with Crippen LogP contribution in [0.1, 0.15) is 25.0 Å². The van der Waals surface area contributed by atoms with Crippen molar-refractivity contribution < 1.29 is 13.2 Å². The average Bonchev–Trinajstić information content (AvgIpc) is 2.54. The van der Waals surface area contributed by atoms with Crippen LogP contribution in [0.3, 0.4) is 0 Å². The zero-order valence-electron chi connectivity index (χ0n) is 14.5. The summed E-state index contributed by atoms with van der Waals surface area (Å²) in [5.41, 5.74) is 7.77. The first-order valence-corrected chi connectivity index (χ1v) is 9.99. The molecule has 0 spiro atoms. The molecule has 0 aliphatic carbocycles. The number of nitrogens with one attached hydrogen (secondary N) is 1. The minimum atomic E-state index is -3.30. The van der Waals surface area contributed by atoms with Crippen molar-refractivity contribution in [3.8, 4) is 0 Å². The second kappa shape index (κ2) is 8.27. The second-order valence-corrected chi connectivity index (χ2v) is 8.54. The average molecular weight is 360 g/mol. The first-order chi connectivity index (χ1) is 11.8. The molecule has 0 fully saturated rings. The Balaban J connectivity index is 2.07. The van der Waals surface area contributed by atoms with E-state index in [0.717, 1.165) is 5.56 Å². The Morgan fingerprint density at radius 1 is 1.00 bits per heavy atom. The molecule has 2 rings (SSSR count). The Bertz CT molecular complexity index is 818. The largest absolute Gasteiger partial charge is 0.325 e. The van der Waals surface area contributed by atoms with E-state index >= 15 is 0 Å². The molecule has 6 heteroatoms. The predicted octanol–water partition coefficient (Wildman–Crippen LogP) is 2.72. The highest BCUT2D eigenvalue weighted by atomic mass is 32.2. The van der Waals surface area contributed by atoms with E-state index in [1.807, 2.05) is 32.0 Å². The van der Waals surface area contributed by atoms with Gasteiger partial charge in [-0.25, -0.2) is 8.42 Å². The molecule has 0 aromatic heterocycles. The summed E-state index contributed by atoms with van der Waals surface area (Å²) >= 11 is 0. The molecule has 0 radical (unpaired) electrons. The SMILES string of the molecule is CC(C)[C@H](N)C(=O)Nc1cccc(CS(=O)(=O)Cc2ccccc2)c1. The summed E-state index contributed by atoms with van der Waals surface area (Å²) in [5, 5.41) is 2.74. The van der Waals surface area contributed by atoms with Gasteiger partial charge in [-0.2, -0.15) is 0 Å². The fraction of sp³-hybridized carbons (Fsp3) is 0.316. The van der Waals surface area contributed by atoms with Crippen molar-refractivity contribution in [2.24, 2.45) is 11.7 Å². The van der Waals surface area contributed by atoms with Crippen LogP contribution in [-0.4, -0.2) is 20.4 Å². The Hall–Kier alpha value is -2.18. The smallest absolute Gasteiger partial charge is 0.241 e. The molecule has 0 saturated heterocycles. The number of rotatable bonds is 7. The highest BCUT2D eigenvalue weighted by Crippen LogP contribution is 2.17. The van der Waals surface area contributed by atoms with E-state index < -0.39 is 15.9 Å². The molecule has 0 heterocycles. The maximum Gasteiger partial charge on any atom is 0.241 e. The fourth-order valence-corrected chi connectivity index (χ4v) is 3.89. The van der Waals surface area contributed by atoms with Crippen molar-refractivity contribution in [2.75, 3.05) is 5.32 Å². The third-order valence-electron chi connectivity index (χ3n) is 3.83. The summed E-state index contributed by atoms with van der Waals surface area (Å²) in [7, 11) is -3.30. The molecule has 0 bridgehead atoms. The summed E-state index contributed by atoms with van der Waals surface area (Å²) in [6, 6.07) is 15.3. The van der Waals surface area contributed by atoms with Crippen LogP contribution in [0.15, 0.2) is 54.6 Å². The van der Waals surface area contributed by atoms with E-state index in [9.17, 15) is 13.2 Å². The van der Waals surface area contributed by atoms with Crippen molar-refractivity contribution in [1.82, 2.24) is 0 Å². The number of benzene rings is 2. The van der Waals surface area contributed by atoms with Crippen LogP contribution in [0.4, 0.5) is 5.69 Å². The molecular weight excluding hydrogens is 336 g/mol. The molecule has 3 N–H and O–H groups in total. The number of sulfone groups is 1. The van der Waals surface area contributed by atoms with E-state index in [1.54, 1.807) is 36.4 Å². The van der Waals surface area contributed by atoms with E-state index in [1.165, 1.54) is 0 Å². The molecule has 25 heavy (non-hydrogen) atoms. The lowest BCUT2D eigenvalue weighted by Gasteiger charge is -2.15. The molecule has 1 atom stereocenters. The van der Waals surface area contributed by atoms with Gasteiger partial charge < -0.3 is 11.1 Å². The van der Waals surface area contributed by atoms with Gasteiger partial charge in [0, 0.05) is 5.69 Å². The Morgan fingerprint density at radius 2 is 1.60 bits per heavy atom. The van der Waals surface area contributed by atoms with Crippen LogP contribution < -0.4 is 11.1 Å². The molecular formula is C19H24N2O3S. The van der Waals surface area contributed by atoms with Crippen LogP contribution >= 0.6 is 0 Å². The summed E-state index contributed by atoms with van der Waals surface area (Å²) in [4.78, 5) is 12.0. The van der Waals surface area contributed by atoms with Gasteiger partial charge in [-0.1, -0.05) is 56.3 Å². The van der Waals surface area contributed by atoms with Crippen molar-refractivity contribution in [2.45, 2.75) is 31.4 Å². The number of carbonyl (C=O) groups is 1. The van der Waals surface area contributed by atoms with Crippen molar-refractivity contribution in [1.29, 1.82) is 0 Å². The van der Waals surface area contributed by atoms with Gasteiger partial charge in [-0.15, -0.1) is 0 Å². The zero-order chi connectivity index (χ0) is 18.4. The number of anilines is 1. The van der Waals surface area contributed by atoms with Crippen molar-refractivity contribution in [3.63, 3.8) is 0 Å². The van der Waals surface area contributed by atoms with Gasteiger partial charge in [0.1, 0.15) is 0 Å².